The molecule has 0 aromatic heterocycles. The Morgan fingerprint density at radius 3 is 2.28 bits per heavy atom. The molecule has 3 rings (SSSR count). The Kier molecular flexibility index (Phi) is 7.13. The fourth-order valence-electron chi connectivity index (χ4n) is 2.45. The third kappa shape index (κ3) is 6.29. The molecular formula is C22H19FN2O3S. The molecule has 148 valence electrons. The van der Waals surface area contributed by atoms with Crippen LogP contribution in [0.15, 0.2) is 78.9 Å². The topological polar surface area (TPSA) is 59.6 Å². The molecule has 0 atom stereocenters. The maximum absolute atomic E-state index is 13.7. The van der Waals surface area contributed by atoms with E-state index in [1.807, 2.05) is 30.3 Å². The van der Waals surface area contributed by atoms with Crippen LogP contribution in [0.25, 0.3) is 0 Å². The molecule has 0 aliphatic heterocycles. The first-order valence-corrected chi connectivity index (χ1v) is 9.30. The van der Waals surface area contributed by atoms with E-state index in [1.54, 1.807) is 36.4 Å². The van der Waals surface area contributed by atoms with Crippen LogP contribution in [0.1, 0.15) is 10.4 Å². The molecule has 0 radical (unpaired) electrons. The summed E-state index contributed by atoms with van der Waals surface area (Å²) < 4.78 is 24.9. The number of hydrogen-bond acceptors (Lipinski definition) is 4. The zero-order valence-electron chi connectivity index (χ0n) is 15.4. The van der Waals surface area contributed by atoms with Crippen LogP contribution < -0.4 is 20.1 Å². The highest BCUT2D eigenvalue weighted by atomic mass is 32.1. The molecule has 0 saturated heterocycles. The van der Waals surface area contributed by atoms with E-state index in [0.717, 1.165) is 5.75 Å². The number of amides is 1. The van der Waals surface area contributed by atoms with Gasteiger partial charge in [-0.1, -0.05) is 36.4 Å². The van der Waals surface area contributed by atoms with Crippen LogP contribution in [0.5, 0.6) is 11.5 Å². The van der Waals surface area contributed by atoms with Crippen molar-refractivity contribution < 1.29 is 18.7 Å². The lowest BCUT2D eigenvalue weighted by molar-refractivity contribution is 0.0977. The van der Waals surface area contributed by atoms with E-state index >= 15 is 0 Å². The van der Waals surface area contributed by atoms with Gasteiger partial charge in [-0.15, -0.1) is 0 Å². The summed E-state index contributed by atoms with van der Waals surface area (Å²) in [4.78, 5) is 12.4. The number of carbonyl (C=O) groups excluding carboxylic acids is 1. The number of halogens is 1. The van der Waals surface area contributed by atoms with Crippen LogP contribution in [0.2, 0.25) is 0 Å². The molecule has 0 fully saturated rings. The summed E-state index contributed by atoms with van der Waals surface area (Å²) in [6.45, 7) is 0.699. The molecule has 2 N–H and O–H groups in total. The highest BCUT2D eigenvalue weighted by molar-refractivity contribution is 7.80. The third-order valence-electron chi connectivity index (χ3n) is 3.81. The highest BCUT2D eigenvalue weighted by Gasteiger charge is 2.10. The zero-order valence-corrected chi connectivity index (χ0v) is 16.2. The summed E-state index contributed by atoms with van der Waals surface area (Å²) in [5.41, 5.74) is 0.553. The minimum Gasteiger partial charge on any atom is -0.490 e. The van der Waals surface area contributed by atoms with Gasteiger partial charge in [0.2, 0.25) is 0 Å². The predicted octanol–water partition coefficient (Wildman–Crippen LogP) is 4.41. The maximum Gasteiger partial charge on any atom is 0.257 e. The molecule has 3 aromatic rings. The number of hydrogen-bond donors (Lipinski definition) is 2. The van der Waals surface area contributed by atoms with Gasteiger partial charge in [-0.2, -0.15) is 0 Å². The van der Waals surface area contributed by atoms with E-state index in [-0.39, 0.29) is 10.8 Å². The molecular weight excluding hydrogens is 391 g/mol. The van der Waals surface area contributed by atoms with Crippen molar-refractivity contribution in [3.05, 3.63) is 90.2 Å². The molecule has 0 aliphatic carbocycles. The molecule has 0 spiro atoms. The van der Waals surface area contributed by atoms with Crippen LogP contribution >= 0.6 is 12.2 Å². The van der Waals surface area contributed by atoms with Crippen molar-refractivity contribution in [3.8, 4) is 11.5 Å². The van der Waals surface area contributed by atoms with Crippen LogP contribution in [0.3, 0.4) is 0 Å². The van der Waals surface area contributed by atoms with E-state index < -0.39 is 11.7 Å². The fourth-order valence-corrected chi connectivity index (χ4v) is 2.66. The van der Waals surface area contributed by atoms with Gasteiger partial charge in [0.05, 0.1) is 5.69 Å². The Balaban J connectivity index is 1.49. The maximum atomic E-state index is 13.7. The minimum absolute atomic E-state index is 0.00248. The Morgan fingerprint density at radius 1 is 0.862 bits per heavy atom. The second-order valence-electron chi connectivity index (χ2n) is 5.93. The van der Waals surface area contributed by atoms with Crippen molar-refractivity contribution in [3.63, 3.8) is 0 Å². The lowest BCUT2D eigenvalue weighted by Crippen LogP contribution is -2.34. The number of benzene rings is 3. The van der Waals surface area contributed by atoms with Crippen molar-refractivity contribution in [1.29, 1.82) is 0 Å². The normalized spacial score (nSPS) is 10.1. The van der Waals surface area contributed by atoms with Crippen molar-refractivity contribution >= 4 is 28.9 Å². The molecule has 0 heterocycles. The number of para-hydroxylation sites is 2. The van der Waals surface area contributed by atoms with Crippen LogP contribution in [0.4, 0.5) is 10.1 Å². The van der Waals surface area contributed by atoms with Gasteiger partial charge in [0.1, 0.15) is 30.5 Å². The molecule has 0 aliphatic rings. The first-order chi connectivity index (χ1) is 14.1. The van der Waals surface area contributed by atoms with Crippen molar-refractivity contribution in [2.75, 3.05) is 18.5 Å². The Morgan fingerprint density at radius 2 is 1.52 bits per heavy atom. The number of ether oxygens (including phenoxy) is 2. The van der Waals surface area contributed by atoms with E-state index in [1.165, 1.54) is 12.1 Å². The quantitative estimate of drug-likeness (QED) is 0.446. The van der Waals surface area contributed by atoms with Gasteiger partial charge in [-0.3, -0.25) is 10.1 Å². The number of thiocarbonyl (C=S) groups is 1. The van der Waals surface area contributed by atoms with Gasteiger partial charge in [-0.05, 0) is 54.7 Å². The minimum atomic E-state index is -0.461. The Bertz CT molecular complexity index is 983. The van der Waals surface area contributed by atoms with Crippen LogP contribution in [-0.2, 0) is 0 Å². The van der Waals surface area contributed by atoms with Crippen molar-refractivity contribution in [2.24, 2.45) is 0 Å². The number of nitrogens with one attached hydrogen (secondary N) is 2. The molecule has 7 heteroatoms. The standard InChI is InChI=1S/C22H19FN2O3S/c23-19-11-4-5-12-20(19)24-22(29)25-21(26)16-7-6-10-18(15-16)28-14-13-27-17-8-2-1-3-9-17/h1-12,15H,13-14H2,(H2,24,25,26,29). The van der Waals surface area contributed by atoms with Crippen LogP contribution in [0, 0.1) is 5.82 Å². The zero-order chi connectivity index (χ0) is 20.5. The summed E-state index contributed by atoms with van der Waals surface area (Å²) >= 11 is 5.08. The fraction of sp³-hybridized carbons (Fsp3) is 0.0909. The lowest BCUT2D eigenvalue weighted by Gasteiger charge is -2.11. The second-order valence-corrected chi connectivity index (χ2v) is 6.33. The molecule has 1 amide bonds. The van der Waals surface area contributed by atoms with Gasteiger partial charge < -0.3 is 14.8 Å². The van der Waals surface area contributed by atoms with Gasteiger partial charge in [0.15, 0.2) is 5.11 Å². The van der Waals surface area contributed by atoms with Gasteiger partial charge in [0.25, 0.3) is 5.91 Å². The van der Waals surface area contributed by atoms with Crippen molar-refractivity contribution in [1.82, 2.24) is 5.32 Å². The SMILES string of the molecule is O=C(NC(=S)Nc1ccccc1F)c1cccc(OCCOc2ccccc2)c1. The van der Waals surface area contributed by atoms with E-state index in [2.05, 4.69) is 10.6 Å². The number of carbonyl (C=O) groups is 1. The monoisotopic (exact) mass is 410 g/mol. The van der Waals surface area contributed by atoms with Crippen LogP contribution in [-0.4, -0.2) is 24.2 Å². The van der Waals surface area contributed by atoms with Gasteiger partial charge in [-0.25, -0.2) is 4.39 Å². The number of rotatable bonds is 7. The molecule has 3 aromatic carbocycles. The first kappa shape index (κ1) is 20.3. The Labute approximate surface area is 173 Å². The number of anilines is 1. The summed E-state index contributed by atoms with van der Waals surface area (Å²) in [7, 11) is 0. The molecule has 5 nitrogen and oxygen atoms in total. The van der Waals surface area contributed by atoms with Crippen molar-refractivity contribution in [2.45, 2.75) is 0 Å². The van der Waals surface area contributed by atoms with Gasteiger partial charge >= 0.3 is 0 Å². The average Bonchev–Trinajstić information content (AvgIpc) is 2.74. The molecule has 0 saturated carbocycles. The average molecular weight is 410 g/mol. The Hall–Kier alpha value is -3.45. The first-order valence-electron chi connectivity index (χ1n) is 8.89. The lowest BCUT2D eigenvalue weighted by atomic mass is 10.2. The van der Waals surface area contributed by atoms with Gasteiger partial charge in [0, 0.05) is 5.56 Å². The highest BCUT2D eigenvalue weighted by Crippen LogP contribution is 2.15. The summed E-state index contributed by atoms with van der Waals surface area (Å²) in [6.07, 6.45) is 0. The van der Waals surface area contributed by atoms with E-state index in [9.17, 15) is 9.18 Å². The second kappa shape index (κ2) is 10.2. The summed E-state index contributed by atoms with van der Waals surface area (Å²) in [6, 6.07) is 22.2. The summed E-state index contributed by atoms with van der Waals surface area (Å²) in [5, 5.41) is 5.18. The molecule has 29 heavy (non-hydrogen) atoms. The third-order valence-corrected chi connectivity index (χ3v) is 4.01. The molecule has 0 bridgehead atoms. The largest absolute Gasteiger partial charge is 0.490 e. The summed E-state index contributed by atoms with van der Waals surface area (Å²) in [5.74, 6) is 0.407. The van der Waals surface area contributed by atoms with E-state index in [4.69, 9.17) is 21.7 Å². The molecule has 0 unspecified atom stereocenters. The predicted molar refractivity (Wildman–Crippen MR) is 114 cm³/mol. The van der Waals surface area contributed by atoms with E-state index in [0.29, 0.717) is 24.5 Å². The smallest absolute Gasteiger partial charge is 0.257 e.